The molecule has 36 heteroatoms. The minimum Gasteiger partial charge on any atom is -0.481 e. The molecular weight excluding hydrogens is 1510 g/mol. The number of carbonyl (C=O) groups excluding carboxylic acids is 15. The molecule has 0 saturated carbocycles. The molecule has 0 radical (unpaired) electrons. The van der Waals surface area contributed by atoms with Gasteiger partial charge in [0.05, 0.1) is 24.8 Å². The standard InChI is InChI=1S/C77H114N14O20S2/c1-15-41(6)33-50-67(99)87-60(40(4)5)76(108)90(13)63(47(12)110-14)74(106)85-54(37-92)77(109)111-46(11)62-73(105)84-53(36-49-27-22-19-23-28-49)75(107)91-32-24-29-57(91)71(103)86-56(70(102)88-61(43(8)17-3)72(104)79-45(10)65(97)81-50)39-113-112-38-55(80-58(93)30-31-59(94)95)69(101)83-52(35-48-25-20-18-21-26-48)66(98)78-44(9)64(96)82-51(68(100)89-62)34-42(7)16-2/h18-23,25-28,40-44,46-47,50-57,60-63,92H,10,15-17,24,29-39H2,1-9,11-14H3,(H,78,98)(H,79,104)(H,80,93)(H,81,97)(H,82,96)(H,83,101)(H,84,105)(H,85,106)(H,86,103)(H,87,99)(H,88,102)(H,89,100)(H,94,95)/t41?,42-,43-,44+,46+,47+,50-,51?,52+,53+,54-,55-,56-,57-,60+,61-,62+,63-/m0/s1. The number of nitrogens with zero attached hydrogens (tertiary/aromatic N) is 2. The minimum atomic E-state index is -2.05. The molecule has 0 aliphatic carbocycles. The minimum absolute atomic E-state index is 0.0134. The number of aliphatic carboxylic acids is 1. The summed E-state index contributed by atoms with van der Waals surface area (Å²) in [5, 5.41) is 51.9. The molecule has 2 bridgehead atoms. The Morgan fingerprint density at radius 3 is 1.70 bits per heavy atom. The van der Waals surface area contributed by atoms with Crippen LogP contribution in [0.2, 0.25) is 0 Å². The number of rotatable bonds is 20. The van der Waals surface area contributed by atoms with Gasteiger partial charge in [-0.2, -0.15) is 0 Å². The van der Waals surface area contributed by atoms with Crippen molar-refractivity contribution in [1.82, 2.24) is 73.6 Å². The maximum absolute atomic E-state index is 15.6. The maximum Gasteiger partial charge on any atom is 0.331 e. The van der Waals surface area contributed by atoms with Crippen molar-refractivity contribution < 1.29 is 96.4 Å². The van der Waals surface area contributed by atoms with Crippen LogP contribution in [-0.2, 0) is 99.0 Å². The third-order valence-corrected chi connectivity index (χ3v) is 22.7. The number of carboxylic acid groups (broad SMARTS) is 1. The van der Waals surface area contributed by atoms with Crippen molar-refractivity contribution in [2.45, 2.75) is 238 Å². The number of cyclic esters (lactones) is 1. The van der Waals surface area contributed by atoms with E-state index >= 15 is 24.0 Å². The highest BCUT2D eigenvalue weighted by molar-refractivity contribution is 8.76. The second kappa shape index (κ2) is 45.9. The number of carboxylic acids is 1. The second-order valence-corrected chi connectivity index (χ2v) is 32.0. The van der Waals surface area contributed by atoms with E-state index in [1.54, 1.807) is 109 Å². The van der Waals surface area contributed by atoms with E-state index in [9.17, 15) is 63.0 Å². The Hall–Kier alpha value is -9.68. The average molecular weight is 1620 g/mol. The number of esters is 1. The number of benzene rings is 2. The molecule has 3 fully saturated rings. The van der Waals surface area contributed by atoms with Gasteiger partial charge < -0.3 is 93.3 Å². The number of hydrogen-bond acceptors (Lipinski definition) is 21. The normalized spacial score (nSPS) is 27.4. The molecule has 14 N–H and O–H groups in total. The molecule has 34 nitrogen and oxygen atoms in total. The zero-order valence-corrected chi connectivity index (χ0v) is 68.1. The Balaban J connectivity index is 1.80. The summed E-state index contributed by atoms with van der Waals surface area (Å²) >= 11 is 0. The molecule has 2 unspecified atom stereocenters. The Morgan fingerprint density at radius 1 is 0.593 bits per heavy atom. The fourth-order valence-electron chi connectivity index (χ4n) is 12.6. The first-order chi connectivity index (χ1) is 53.5. The van der Waals surface area contributed by atoms with Crippen LogP contribution >= 0.6 is 21.6 Å². The van der Waals surface area contributed by atoms with Crippen molar-refractivity contribution in [1.29, 1.82) is 0 Å². The number of amides is 14. The zero-order valence-electron chi connectivity index (χ0n) is 66.5. The van der Waals surface area contributed by atoms with Gasteiger partial charge in [-0.1, -0.05) is 163 Å². The molecule has 5 rings (SSSR count). The predicted octanol–water partition coefficient (Wildman–Crippen LogP) is 0.0792. The molecule has 2 aromatic carbocycles. The van der Waals surface area contributed by atoms with Gasteiger partial charge in [-0.25, -0.2) is 4.79 Å². The van der Waals surface area contributed by atoms with Gasteiger partial charge in [0.2, 0.25) is 76.8 Å². The summed E-state index contributed by atoms with van der Waals surface area (Å²) in [6.45, 7) is 20.1. The van der Waals surface area contributed by atoms with Gasteiger partial charge in [-0.15, -0.1) is 0 Å². The maximum atomic E-state index is 15.6. The molecule has 18 atom stereocenters. The summed E-state index contributed by atoms with van der Waals surface area (Å²) in [7, 11) is 4.24. The van der Waals surface area contributed by atoms with Gasteiger partial charge >= 0.3 is 11.9 Å². The van der Waals surface area contributed by atoms with E-state index in [0.717, 1.165) is 26.5 Å². The summed E-state index contributed by atoms with van der Waals surface area (Å²) in [5.41, 5.74) is 0.407. The lowest BCUT2D eigenvalue weighted by Crippen LogP contribution is -2.63. The quantitative estimate of drug-likeness (QED) is 0.0474. The molecule has 3 aliphatic heterocycles. The Morgan fingerprint density at radius 2 is 1.13 bits per heavy atom. The topological polar surface area (TPSA) is 483 Å². The molecule has 3 heterocycles. The van der Waals surface area contributed by atoms with Crippen LogP contribution in [0.4, 0.5) is 0 Å². The van der Waals surface area contributed by atoms with Crippen LogP contribution in [0.25, 0.3) is 0 Å². The van der Waals surface area contributed by atoms with Gasteiger partial charge in [0.25, 0.3) is 5.91 Å². The number of fused-ring (bicyclic) bond motifs is 6. The van der Waals surface area contributed by atoms with Crippen molar-refractivity contribution in [3.05, 3.63) is 84.1 Å². The van der Waals surface area contributed by atoms with E-state index in [4.69, 9.17) is 9.47 Å². The van der Waals surface area contributed by atoms with Gasteiger partial charge in [-0.3, -0.25) is 71.9 Å². The molecule has 2 aromatic rings. The molecule has 113 heavy (non-hydrogen) atoms. The summed E-state index contributed by atoms with van der Waals surface area (Å²) in [6, 6.07) is -4.17. The lowest BCUT2D eigenvalue weighted by molar-refractivity contribution is -0.158. The molecule has 0 aromatic heterocycles. The highest BCUT2D eigenvalue weighted by atomic mass is 33.1. The molecule has 0 spiro atoms. The number of nitrogens with one attached hydrogen (secondary N) is 12. The highest BCUT2D eigenvalue weighted by Crippen LogP contribution is 2.27. The fourth-order valence-corrected chi connectivity index (χ4v) is 15.0. The van der Waals surface area contributed by atoms with Crippen molar-refractivity contribution in [2.75, 3.05) is 38.8 Å². The van der Waals surface area contributed by atoms with Crippen LogP contribution in [0.3, 0.4) is 0 Å². The van der Waals surface area contributed by atoms with E-state index in [-0.39, 0.29) is 69.1 Å². The average Bonchev–Trinajstić information content (AvgIpc) is 1.75. The first kappa shape index (κ1) is 93.9. The zero-order chi connectivity index (χ0) is 84.1. The third-order valence-electron chi connectivity index (χ3n) is 20.3. The Labute approximate surface area is 667 Å². The van der Waals surface area contributed by atoms with Crippen LogP contribution in [0.1, 0.15) is 145 Å². The largest absolute Gasteiger partial charge is 0.481 e. The number of ether oxygens (including phenoxy) is 2. The predicted molar refractivity (Wildman–Crippen MR) is 419 cm³/mol. The van der Waals surface area contributed by atoms with E-state index in [1.165, 1.54) is 39.8 Å². The molecule has 14 amide bonds. The van der Waals surface area contributed by atoms with E-state index in [0.29, 0.717) is 24.0 Å². The molecule has 3 saturated heterocycles. The number of likely N-dealkylation sites (N-methyl/N-ethyl adjacent to an activating group) is 1. The molecular formula is C77H114N14O20S2. The van der Waals surface area contributed by atoms with Gasteiger partial charge in [-0.05, 0) is 81.3 Å². The number of aliphatic hydroxyl groups is 1. The smallest absolute Gasteiger partial charge is 0.331 e. The van der Waals surface area contributed by atoms with Crippen LogP contribution in [-0.4, -0.2) is 244 Å². The van der Waals surface area contributed by atoms with Gasteiger partial charge in [0.1, 0.15) is 78.6 Å². The van der Waals surface area contributed by atoms with Gasteiger partial charge in [0, 0.05) is 51.5 Å². The van der Waals surface area contributed by atoms with Crippen molar-refractivity contribution in [3.63, 3.8) is 0 Å². The lowest BCUT2D eigenvalue weighted by atomic mass is 9.96. The first-order valence-electron chi connectivity index (χ1n) is 38.3. The number of carbonyl (C=O) groups is 16. The van der Waals surface area contributed by atoms with Crippen LogP contribution in [0, 0.1) is 23.7 Å². The van der Waals surface area contributed by atoms with Crippen molar-refractivity contribution in [3.8, 4) is 0 Å². The summed E-state index contributed by atoms with van der Waals surface area (Å²) < 4.78 is 11.5. The monoisotopic (exact) mass is 1620 g/mol. The second-order valence-electron chi connectivity index (χ2n) is 29.4. The van der Waals surface area contributed by atoms with E-state index in [2.05, 4.69) is 70.4 Å². The molecule has 3 aliphatic rings. The third kappa shape index (κ3) is 28.4. The number of aliphatic hydroxyl groups excluding tert-OH is 1. The van der Waals surface area contributed by atoms with Crippen molar-refractivity contribution >= 4 is 116 Å². The van der Waals surface area contributed by atoms with Crippen LogP contribution in [0.15, 0.2) is 72.9 Å². The summed E-state index contributed by atoms with van der Waals surface area (Å²) in [6.07, 6.45) is -3.54. The van der Waals surface area contributed by atoms with Gasteiger partial charge in [0.15, 0.2) is 6.04 Å². The SMILES string of the molecule is C=C1NC(=O)[C@H]([C@@H](C)CC)NC(=O)[C@@H]2CSSC[C@H](NC(=O)CCC(=O)O)C(=O)N[C@H](Cc3ccccc3)C(=O)N[C@H](C)C(=O)NC(C[C@@H](C)CC)C(=O)N[C@@H](C(=O)N[C@H](Cc3ccccc3)C(=O)N3CCC[C@H]3C(=O)N2)[C@@H](C)OC(=O)[C@H](CO)NC(=O)[C@H]([C@@H](C)OC)N(C)C(=O)[C@@H](C(C)C)NC(=O)[C@H](CC(C)CC)NC1=O. The number of methoxy groups -OCH3 is 1. The van der Waals surface area contributed by atoms with Crippen molar-refractivity contribution in [2.24, 2.45) is 23.7 Å². The summed E-state index contributed by atoms with van der Waals surface area (Å²) in [4.78, 5) is 236. The highest BCUT2D eigenvalue weighted by Gasteiger charge is 2.45. The Bertz CT molecular complexity index is 3690. The van der Waals surface area contributed by atoms with Crippen LogP contribution in [0.5, 0.6) is 0 Å². The fraction of sp³-hybridized carbons (Fsp3) is 0.610. The summed E-state index contributed by atoms with van der Waals surface area (Å²) in [5.74, 6) is -19.1. The molecule has 624 valence electrons. The first-order valence-corrected chi connectivity index (χ1v) is 40.7. The Kier molecular flexibility index (Phi) is 38.1. The van der Waals surface area contributed by atoms with E-state index < -0.39 is 228 Å². The number of hydrogen-bond donors (Lipinski definition) is 14. The van der Waals surface area contributed by atoms with E-state index in [1.807, 2.05) is 6.92 Å². The lowest BCUT2D eigenvalue weighted by Gasteiger charge is -2.36. The van der Waals surface area contributed by atoms with Crippen LogP contribution < -0.4 is 63.8 Å².